The van der Waals surface area contributed by atoms with E-state index >= 15 is 0 Å². The molecule has 0 fully saturated rings. The van der Waals surface area contributed by atoms with E-state index in [9.17, 15) is 0 Å². The minimum atomic E-state index is 0.706. The van der Waals surface area contributed by atoms with Gasteiger partial charge in [-0.3, -0.25) is 0 Å². The maximum Gasteiger partial charge on any atom is 0.160 e. The van der Waals surface area contributed by atoms with Gasteiger partial charge in [0.1, 0.15) is 0 Å². The summed E-state index contributed by atoms with van der Waals surface area (Å²) >= 11 is 1.81. The fourth-order valence-corrected chi connectivity index (χ4v) is 8.40. The molecule has 0 aliphatic heterocycles. The van der Waals surface area contributed by atoms with Gasteiger partial charge < -0.3 is 0 Å². The van der Waals surface area contributed by atoms with Crippen molar-refractivity contribution in [2.75, 3.05) is 0 Å². The lowest BCUT2D eigenvalue weighted by atomic mass is 9.94. The number of aromatic nitrogens is 3. The van der Waals surface area contributed by atoms with Crippen LogP contribution in [0.4, 0.5) is 0 Å². The number of hydrogen-bond donors (Lipinski definition) is 0. The Bertz CT molecular complexity index is 2890. The van der Waals surface area contributed by atoms with Gasteiger partial charge in [-0.25, -0.2) is 15.0 Å². The summed E-state index contributed by atoms with van der Waals surface area (Å²) in [6.07, 6.45) is 0. The minimum absolute atomic E-state index is 0.706. The SMILES string of the molecule is c1ccc(-c2nc(-c3cccc(-c4c5ccccc5nc5c4sc4ccccc45)c3)cc(-c3cc4ccccc4c4ccccc34)n2)cc1. The van der Waals surface area contributed by atoms with Gasteiger partial charge in [-0.2, -0.15) is 0 Å². The van der Waals surface area contributed by atoms with Crippen molar-refractivity contribution in [2.24, 2.45) is 0 Å². The predicted octanol–water partition coefficient (Wildman–Crippen LogP) is 12.4. The summed E-state index contributed by atoms with van der Waals surface area (Å²) in [6, 6.07) is 57.8. The van der Waals surface area contributed by atoms with Crippen LogP contribution in [0.15, 0.2) is 164 Å². The summed E-state index contributed by atoms with van der Waals surface area (Å²) in [5, 5.41) is 7.17. The summed E-state index contributed by atoms with van der Waals surface area (Å²) < 4.78 is 2.45. The third-order valence-corrected chi connectivity index (χ3v) is 10.6. The third kappa shape index (κ3) is 4.61. The highest BCUT2D eigenvalue weighted by Gasteiger charge is 2.18. The molecule has 0 saturated heterocycles. The monoisotopic (exact) mass is 641 g/mol. The summed E-state index contributed by atoms with van der Waals surface area (Å²) in [5.41, 5.74) is 9.31. The molecule has 7 aromatic carbocycles. The van der Waals surface area contributed by atoms with Gasteiger partial charge in [-0.1, -0.05) is 133 Å². The van der Waals surface area contributed by atoms with E-state index in [0.29, 0.717) is 5.82 Å². The van der Waals surface area contributed by atoms with Crippen molar-refractivity contribution in [2.45, 2.75) is 0 Å². The normalized spacial score (nSPS) is 11.7. The largest absolute Gasteiger partial charge is 0.246 e. The molecule has 49 heavy (non-hydrogen) atoms. The molecule has 0 radical (unpaired) electrons. The molecule has 4 heteroatoms. The number of thiophene rings is 1. The Morgan fingerprint density at radius 1 is 0.408 bits per heavy atom. The average Bonchev–Trinajstić information content (AvgIpc) is 3.55. The molecule has 0 spiro atoms. The van der Waals surface area contributed by atoms with Crippen LogP contribution >= 0.6 is 11.3 Å². The number of pyridine rings is 1. The zero-order chi connectivity index (χ0) is 32.3. The molecule has 0 unspecified atom stereocenters. The van der Waals surface area contributed by atoms with Gasteiger partial charge in [0.2, 0.25) is 0 Å². The lowest BCUT2D eigenvalue weighted by Crippen LogP contribution is -1.97. The number of nitrogens with zero attached hydrogens (tertiary/aromatic N) is 3. The summed E-state index contributed by atoms with van der Waals surface area (Å²) in [7, 11) is 0. The maximum atomic E-state index is 5.23. The highest BCUT2D eigenvalue weighted by atomic mass is 32.1. The van der Waals surface area contributed by atoms with Crippen LogP contribution in [0, 0.1) is 0 Å². The molecule has 228 valence electrons. The van der Waals surface area contributed by atoms with Crippen LogP contribution in [0.2, 0.25) is 0 Å². The molecular weight excluding hydrogens is 615 g/mol. The number of para-hydroxylation sites is 1. The third-order valence-electron chi connectivity index (χ3n) is 9.45. The van der Waals surface area contributed by atoms with Crippen molar-refractivity contribution in [1.82, 2.24) is 15.0 Å². The second-order valence-corrected chi connectivity index (χ2v) is 13.4. The molecule has 10 rings (SSSR count). The van der Waals surface area contributed by atoms with Gasteiger partial charge in [0.05, 0.1) is 27.1 Å². The molecule has 10 aromatic rings. The van der Waals surface area contributed by atoms with Gasteiger partial charge in [-0.15, -0.1) is 11.3 Å². The first-order chi connectivity index (χ1) is 24.3. The number of rotatable bonds is 4. The van der Waals surface area contributed by atoms with E-state index in [2.05, 4.69) is 146 Å². The molecular formula is C45H27N3S. The van der Waals surface area contributed by atoms with Gasteiger partial charge in [0.15, 0.2) is 5.82 Å². The maximum absolute atomic E-state index is 5.23. The van der Waals surface area contributed by atoms with Gasteiger partial charge in [0.25, 0.3) is 0 Å². The van der Waals surface area contributed by atoms with E-state index in [4.69, 9.17) is 15.0 Å². The Morgan fingerprint density at radius 2 is 1.06 bits per heavy atom. The number of benzene rings is 7. The standard InChI is InChI=1S/C45H27N3S/c1-2-13-28(14-3-1)45-47-39(27-40(48-45)37-26-29-15-4-5-18-32(29)33-19-6-7-20-34(33)37)30-16-12-17-31(25-30)42-35-21-8-10-23-38(35)46-43-36-22-9-11-24-41(36)49-44(42)43/h1-27H. The van der Waals surface area contributed by atoms with Crippen molar-refractivity contribution in [3.8, 4) is 45.0 Å². The highest BCUT2D eigenvalue weighted by molar-refractivity contribution is 7.26. The Morgan fingerprint density at radius 3 is 1.94 bits per heavy atom. The fourth-order valence-electron chi connectivity index (χ4n) is 7.17. The van der Waals surface area contributed by atoms with Gasteiger partial charge >= 0.3 is 0 Å². The lowest BCUT2D eigenvalue weighted by molar-refractivity contribution is 1.19. The van der Waals surface area contributed by atoms with Crippen LogP contribution in [0.25, 0.3) is 97.8 Å². The number of fused-ring (bicyclic) bond motifs is 7. The van der Waals surface area contributed by atoms with E-state index in [0.717, 1.165) is 50.1 Å². The molecule has 0 saturated carbocycles. The second kappa shape index (κ2) is 11.2. The van der Waals surface area contributed by atoms with E-state index in [-0.39, 0.29) is 0 Å². The minimum Gasteiger partial charge on any atom is -0.246 e. The topological polar surface area (TPSA) is 38.7 Å². The Hall–Kier alpha value is -6.23. The summed E-state index contributed by atoms with van der Waals surface area (Å²) in [6.45, 7) is 0. The van der Waals surface area contributed by atoms with E-state index in [1.54, 1.807) is 0 Å². The first-order valence-electron chi connectivity index (χ1n) is 16.4. The molecule has 0 aliphatic carbocycles. The molecule has 3 nitrogen and oxygen atoms in total. The zero-order valence-electron chi connectivity index (χ0n) is 26.3. The molecule has 0 bridgehead atoms. The fraction of sp³-hybridized carbons (Fsp3) is 0. The zero-order valence-corrected chi connectivity index (χ0v) is 27.2. The molecule has 0 atom stereocenters. The first-order valence-corrected chi connectivity index (χ1v) is 17.3. The van der Waals surface area contributed by atoms with Crippen LogP contribution in [0.1, 0.15) is 0 Å². The molecule has 0 aliphatic rings. The van der Waals surface area contributed by atoms with Crippen molar-refractivity contribution in [1.29, 1.82) is 0 Å². The quantitative estimate of drug-likeness (QED) is 0.180. The Kier molecular flexibility index (Phi) is 6.36. The summed E-state index contributed by atoms with van der Waals surface area (Å²) in [5.74, 6) is 0.706. The van der Waals surface area contributed by atoms with Crippen LogP contribution < -0.4 is 0 Å². The molecule has 3 heterocycles. The van der Waals surface area contributed by atoms with Crippen LogP contribution in [-0.4, -0.2) is 15.0 Å². The molecule has 0 amide bonds. The highest BCUT2D eigenvalue weighted by Crippen LogP contribution is 2.43. The van der Waals surface area contributed by atoms with Crippen molar-refractivity contribution in [3.05, 3.63) is 164 Å². The number of hydrogen-bond acceptors (Lipinski definition) is 4. The van der Waals surface area contributed by atoms with Crippen molar-refractivity contribution >= 4 is 64.1 Å². The molecule has 0 N–H and O–H groups in total. The lowest BCUT2D eigenvalue weighted by Gasteiger charge is -2.14. The molecule has 3 aromatic heterocycles. The smallest absolute Gasteiger partial charge is 0.160 e. The Balaban J connectivity index is 1.23. The first kappa shape index (κ1) is 27.8. The Labute approximate surface area is 286 Å². The van der Waals surface area contributed by atoms with E-state index in [1.165, 1.54) is 41.9 Å². The van der Waals surface area contributed by atoms with E-state index < -0.39 is 0 Å². The van der Waals surface area contributed by atoms with E-state index in [1.807, 2.05) is 29.5 Å². The van der Waals surface area contributed by atoms with Gasteiger partial charge in [-0.05, 0) is 57.4 Å². The summed E-state index contributed by atoms with van der Waals surface area (Å²) in [4.78, 5) is 15.6. The van der Waals surface area contributed by atoms with Crippen molar-refractivity contribution in [3.63, 3.8) is 0 Å². The average molecular weight is 642 g/mol. The second-order valence-electron chi connectivity index (χ2n) is 12.4. The predicted molar refractivity (Wildman–Crippen MR) is 207 cm³/mol. The van der Waals surface area contributed by atoms with Crippen LogP contribution in [0.5, 0.6) is 0 Å². The van der Waals surface area contributed by atoms with Crippen LogP contribution in [-0.2, 0) is 0 Å². The van der Waals surface area contributed by atoms with Crippen LogP contribution in [0.3, 0.4) is 0 Å². The van der Waals surface area contributed by atoms with Crippen molar-refractivity contribution < 1.29 is 0 Å². The van der Waals surface area contributed by atoms with Gasteiger partial charge in [0, 0.05) is 37.7 Å².